The van der Waals surface area contributed by atoms with E-state index in [-0.39, 0.29) is 0 Å². The molecule has 0 unspecified atom stereocenters. The lowest BCUT2D eigenvalue weighted by Crippen LogP contribution is -1.98. The molecule has 0 atom stereocenters. The van der Waals surface area contributed by atoms with Gasteiger partial charge in [0, 0.05) is 6.20 Å². The van der Waals surface area contributed by atoms with Crippen LogP contribution in [0.4, 0.5) is 0 Å². The molecule has 0 saturated carbocycles. The summed E-state index contributed by atoms with van der Waals surface area (Å²) in [5, 5.41) is 0.897. The van der Waals surface area contributed by atoms with Crippen LogP contribution < -0.4 is 0 Å². The van der Waals surface area contributed by atoms with Gasteiger partial charge in [0.15, 0.2) is 0 Å². The minimum atomic E-state index is 0.897. The molecule has 0 amide bonds. The summed E-state index contributed by atoms with van der Waals surface area (Å²) in [6, 6.07) is 0. The highest BCUT2D eigenvalue weighted by Gasteiger charge is 2.08. The maximum absolute atomic E-state index is 6.31. The minimum Gasteiger partial charge on any atom is -0.259 e. The maximum atomic E-state index is 6.31. The molecular weight excluding hydrogens is 194 g/mol. The zero-order valence-electron chi connectivity index (χ0n) is 9.23. The van der Waals surface area contributed by atoms with E-state index >= 15 is 0 Å². The molecule has 1 aromatic rings. The lowest BCUT2D eigenvalue weighted by atomic mass is 10.0. The van der Waals surface area contributed by atoms with E-state index in [1.807, 2.05) is 6.20 Å². The average Bonchev–Trinajstić information content (AvgIpc) is 2.17. The van der Waals surface area contributed by atoms with Crippen LogP contribution in [0.5, 0.6) is 0 Å². The van der Waals surface area contributed by atoms with Crippen molar-refractivity contribution in [3.8, 4) is 0 Å². The molecule has 0 aromatic carbocycles. The molecule has 2 heteroatoms. The van der Waals surface area contributed by atoms with E-state index in [0.717, 1.165) is 36.4 Å². The summed E-state index contributed by atoms with van der Waals surface area (Å²) in [4.78, 5) is 4.38. The monoisotopic (exact) mass is 211 g/mol. The Morgan fingerprint density at radius 2 is 1.86 bits per heavy atom. The molecule has 1 heterocycles. The van der Waals surface area contributed by atoms with Crippen LogP contribution in [0.15, 0.2) is 6.20 Å². The van der Waals surface area contributed by atoms with Crippen LogP contribution in [-0.4, -0.2) is 4.98 Å². The SMILES string of the molecule is CCCc1ncc(C)c(CCC)c1Cl. The molecule has 0 saturated heterocycles. The Morgan fingerprint density at radius 1 is 1.21 bits per heavy atom. The first-order valence-electron chi connectivity index (χ1n) is 5.33. The van der Waals surface area contributed by atoms with Crippen molar-refractivity contribution in [2.45, 2.75) is 46.5 Å². The topological polar surface area (TPSA) is 12.9 Å². The smallest absolute Gasteiger partial charge is 0.0656 e. The van der Waals surface area contributed by atoms with E-state index in [2.05, 4.69) is 25.8 Å². The first kappa shape index (κ1) is 11.5. The van der Waals surface area contributed by atoms with Crippen molar-refractivity contribution in [1.82, 2.24) is 4.98 Å². The predicted molar refractivity (Wildman–Crippen MR) is 62.0 cm³/mol. The summed E-state index contributed by atoms with van der Waals surface area (Å²) in [6.07, 6.45) is 6.22. The molecule has 1 rings (SSSR count). The summed E-state index contributed by atoms with van der Waals surface area (Å²) in [5.41, 5.74) is 3.56. The van der Waals surface area contributed by atoms with Crippen LogP contribution >= 0.6 is 11.6 Å². The van der Waals surface area contributed by atoms with Gasteiger partial charge in [-0.15, -0.1) is 0 Å². The number of aromatic nitrogens is 1. The van der Waals surface area contributed by atoms with Gasteiger partial charge >= 0.3 is 0 Å². The van der Waals surface area contributed by atoms with Crippen LogP contribution in [0, 0.1) is 6.92 Å². The molecule has 0 bridgehead atoms. The Bertz CT molecular complexity index is 307. The van der Waals surface area contributed by atoms with Crippen molar-refractivity contribution in [3.63, 3.8) is 0 Å². The Hall–Kier alpha value is -0.560. The van der Waals surface area contributed by atoms with Crippen molar-refractivity contribution in [2.75, 3.05) is 0 Å². The van der Waals surface area contributed by atoms with E-state index in [9.17, 15) is 0 Å². The zero-order chi connectivity index (χ0) is 10.6. The quantitative estimate of drug-likeness (QED) is 0.735. The molecule has 0 aliphatic heterocycles. The normalized spacial score (nSPS) is 10.6. The molecule has 1 nitrogen and oxygen atoms in total. The van der Waals surface area contributed by atoms with E-state index in [1.54, 1.807) is 0 Å². The highest BCUT2D eigenvalue weighted by atomic mass is 35.5. The minimum absolute atomic E-state index is 0.897. The number of hydrogen-bond donors (Lipinski definition) is 0. The first-order valence-corrected chi connectivity index (χ1v) is 5.71. The fourth-order valence-corrected chi connectivity index (χ4v) is 2.01. The molecule has 0 aliphatic carbocycles. The Kier molecular flexibility index (Phi) is 4.40. The third-order valence-corrected chi connectivity index (χ3v) is 2.84. The van der Waals surface area contributed by atoms with Crippen LogP contribution in [0.25, 0.3) is 0 Å². The van der Waals surface area contributed by atoms with Crippen LogP contribution in [0.3, 0.4) is 0 Å². The summed E-state index contributed by atoms with van der Waals surface area (Å²) >= 11 is 6.31. The number of pyridine rings is 1. The predicted octanol–water partition coefficient (Wildman–Crippen LogP) is 3.95. The molecule has 1 aromatic heterocycles. The lowest BCUT2D eigenvalue weighted by molar-refractivity contribution is 0.856. The van der Waals surface area contributed by atoms with Crippen LogP contribution in [-0.2, 0) is 12.8 Å². The first-order chi connectivity index (χ1) is 6.70. The second-order valence-electron chi connectivity index (χ2n) is 3.68. The molecule has 14 heavy (non-hydrogen) atoms. The zero-order valence-corrected chi connectivity index (χ0v) is 9.99. The van der Waals surface area contributed by atoms with Gasteiger partial charge in [0.2, 0.25) is 0 Å². The van der Waals surface area contributed by atoms with Gasteiger partial charge in [0.25, 0.3) is 0 Å². The number of halogens is 1. The summed E-state index contributed by atoms with van der Waals surface area (Å²) in [5.74, 6) is 0. The van der Waals surface area contributed by atoms with Crippen molar-refractivity contribution in [1.29, 1.82) is 0 Å². The Morgan fingerprint density at radius 3 is 2.43 bits per heavy atom. The maximum Gasteiger partial charge on any atom is 0.0656 e. The molecule has 0 fully saturated rings. The highest BCUT2D eigenvalue weighted by molar-refractivity contribution is 6.32. The van der Waals surface area contributed by atoms with E-state index in [1.165, 1.54) is 11.1 Å². The third-order valence-electron chi connectivity index (χ3n) is 2.40. The number of hydrogen-bond acceptors (Lipinski definition) is 1. The van der Waals surface area contributed by atoms with E-state index in [0.29, 0.717) is 0 Å². The van der Waals surface area contributed by atoms with Gasteiger partial charge in [-0.2, -0.15) is 0 Å². The van der Waals surface area contributed by atoms with Crippen molar-refractivity contribution in [3.05, 3.63) is 28.0 Å². The molecule has 0 aliphatic rings. The molecule has 0 spiro atoms. The van der Waals surface area contributed by atoms with Crippen molar-refractivity contribution < 1.29 is 0 Å². The molecule has 0 radical (unpaired) electrons. The summed E-state index contributed by atoms with van der Waals surface area (Å²) < 4.78 is 0. The van der Waals surface area contributed by atoms with Gasteiger partial charge < -0.3 is 0 Å². The van der Waals surface area contributed by atoms with E-state index < -0.39 is 0 Å². The second-order valence-corrected chi connectivity index (χ2v) is 4.06. The standard InChI is InChI=1S/C12H18ClN/c1-4-6-10-9(3)8-14-11(7-5-2)12(10)13/h8H,4-7H2,1-3H3. The van der Waals surface area contributed by atoms with Crippen LogP contribution in [0.1, 0.15) is 43.5 Å². The van der Waals surface area contributed by atoms with E-state index in [4.69, 9.17) is 11.6 Å². The highest BCUT2D eigenvalue weighted by Crippen LogP contribution is 2.24. The van der Waals surface area contributed by atoms with Gasteiger partial charge in [-0.1, -0.05) is 38.3 Å². The van der Waals surface area contributed by atoms with Gasteiger partial charge in [-0.25, -0.2) is 0 Å². The Labute approximate surface area is 91.5 Å². The van der Waals surface area contributed by atoms with Gasteiger partial charge in [-0.05, 0) is 30.9 Å². The molecule has 0 N–H and O–H groups in total. The number of nitrogens with zero attached hydrogens (tertiary/aromatic N) is 1. The van der Waals surface area contributed by atoms with Gasteiger partial charge in [0.1, 0.15) is 0 Å². The van der Waals surface area contributed by atoms with Crippen molar-refractivity contribution in [2.24, 2.45) is 0 Å². The Balaban J connectivity index is 3.05. The van der Waals surface area contributed by atoms with Crippen molar-refractivity contribution >= 4 is 11.6 Å². The third kappa shape index (κ3) is 2.48. The lowest BCUT2D eigenvalue weighted by Gasteiger charge is -2.10. The fraction of sp³-hybridized carbons (Fsp3) is 0.583. The number of aryl methyl sites for hydroxylation is 2. The second kappa shape index (κ2) is 5.35. The average molecular weight is 212 g/mol. The van der Waals surface area contributed by atoms with Gasteiger partial charge in [0.05, 0.1) is 10.7 Å². The molecular formula is C12H18ClN. The largest absolute Gasteiger partial charge is 0.259 e. The number of rotatable bonds is 4. The fourth-order valence-electron chi connectivity index (χ4n) is 1.62. The van der Waals surface area contributed by atoms with Crippen LogP contribution in [0.2, 0.25) is 5.02 Å². The summed E-state index contributed by atoms with van der Waals surface area (Å²) in [7, 11) is 0. The van der Waals surface area contributed by atoms with Gasteiger partial charge in [-0.3, -0.25) is 4.98 Å². The molecule has 78 valence electrons. The summed E-state index contributed by atoms with van der Waals surface area (Å²) in [6.45, 7) is 6.41.